The molecule has 0 spiro atoms. The summed E-state index contributed by atoms with van der Waals surface area (Å²) in [4.78, 5) is 29.8. The van der Waals surface area contributed by atoms with Crippen molar-refractivity contribution in [3.63, 3.8) is 0 Å². The van der Waals surface area contributed by atoms with Crippen molar-refractivity contribution < 1.29 is 9.59 Å². The molecule has 1 N–H and O–H groups in total. The van der Waals surface area contributed by atoms with Crippen LogP contribution >= 0.6 is 0 Å². The molecule has 1 aromatic heterocycles. The lowest BCUT2D eigenvalue weighted by Gasteiger charge is -2.39. The normalized spacial score (nSPS) is 16.4. The predicted molar refractivity (Wildman–Crippen MR) is 119 cm³/mol. The number of urea groups is 1. The van der Waals surface area contributed by atoms with Gasteiger partial charge in [-0.3, -0.25) is 4.79 Å². The van der Waals surface area contributed by atoms with E-state index in [0.29, 0.717) is 6.54 Å². The van der Waals surface area contributed by atoms with Crippen molar-refractivity contribution in [1.29, 1.82) is 0 Å². The van der Waals surface area contributed by atoms with Gasteiger partial charge >= 0.3 is 6.03 Å². The monoisotopic (exact) mass is 410 g/mol. The summed E-state index contributed by atoms with van der Waals surface area (Å²) in [6.45, 7) is 13.2. The van der Waals surface area contributed by atoms with E-state index < -0.39 is 0 Å². The van der Waals surface area contributed by atoms with Gasteiger partial charge in [-0.25, -0.2) is 4.79 Å². The van der Waals surface area contributed by atoms with Crippen LogP contribution in [0.2, 0.25) is 0 Å². The Kier molecular flexibility index (Phi) is 6.25. The molecule has 6 heteroatoms. The summed E-state index contributed by atoms with van der Waals surface area (Å²) in [5.74, 6) is -0.0363. The van der Waals surface area contributed by atoms with Crippen LogP contribution < -0.4 is 5.32 Å². The molecule has 6 nitrogen and oxygen atoms in total. The Balaban J connectivity index is 1.87. The van der Waals surface area contributed by atoms with E-state index in [0.717, 1.165) is 17.8 Å². The van der Waals surface area contributed by atoms with Gasteiger partial charge < -0.3 is 19.7 Å². The Hall–Kier alpha value is -2.76. The van der Waals surface area contributed by atoms with E-state index in [1.165, 1.54) is 5.56 Å². The Morgan fingerprint density at radius 3 is 2.40 bits per heavy atom. The van der Waals surface area contributed by atoms with E-state index >= 15 is 0 Å². The SMILES string of the molecule is Cc1ccc([C@H]2c3cccn3CCN2C(=O)CN(C(=O)NC(C)(C)C)C(C)C)cc1. The van der Waals surface area contributed by atoms with Crippen LogP contribution in [0.4, 0.5) is 4.79 Å². The third-order valence-corrected chi connectivity index (χ3v) is 5.42. The molecule has 1 aliphatic heterocycles. The highest BCUT2D eigenvalue weighted by atomic mass is 16.2. The average molecular weight is 411 g/mol. The van der Waals surface area contributed by atoms with Crippen molar-refractivity contribution in [2.75, 3.05) is 13.1 Å². The van der Waals surface area contributed by atoms with Gasteiger partial charge in [0.15, 0.2) is 0 Å². The van der Waals surface area contributed by atoms with E-state index in [1.54, 1.807) is 4.90 Å². The number of fused-ring (bicyclic) bond motifs is 1. The quantitative estimate of drug-likeness (QED) is 0.830. The lowest BCUT2D eigenvalue weighted by Crippen LogP contribution is -2.54. The van der Waals surface area contributed by atoms with E-state index in [4.69, 9.17) is 0 Å². The Morgan fingerprint density at radius 2 is 1.80 bits per heavy atom. The molecule has 0 radical (unpaired) electrons. The molecule has 0 aliphatic carbocycles. The van der Waals surface area contributed by atoms with Crippen molar-refractivity contribution in [2.45, 2.75) is 65.7 Å². The summed E-state index contributed by atoms with van der Waals surface area (Å²) >= 11 is 0. The maximum absolute atomic E-state index is 13.5. The number of nitrogens with one attached hydrogen (secondary N) is 1. The van der Waals surface area contributed by atoms with Crippen LogP contribution in [0.25, 0.3) is 0 Å². The molecular formula is C24H34N4O2. The fourth-order valence-electron chi connectivity index (χ4n) is 3.87. The predicted octanol–water partition coefficient (Wildman–Crippen LogP) is 3.95. The van der Waals surface area contributed by atoms with Crippen LogP contribution in [-0.2, 0) is 11.3 Å². The first kappa shape index (κ1) is 21.9. The van der Waals surface area contributed by atoms with Gasteiger partial charge in [0.05, 0.1) is 6.04 Å². The maximum Gasteiger partial charge on any atom is 0.318 e. The topological polar surface area (TPSA) is 57.6 Å². The second-order valence-corrected chi connectivity index (χ2v) is 9.43. The van der Waals surface area contributed by atoms with Crippen molar-refractivity contribution in [1.82, 2.24) is 19.7 Å². The van der Waals surface area contributed by atoms with Gasteiger partial charge in [-0.1, -0.05) is 29.8 Å². The molecule has 0 fully saturated rings. The van der Waals surface area contributed by atoms with Crippen molar-refractivity contribution in [3.8, 4) is 0 Å². The molecule has 0 saturated heterocycles. The van der Waals surface area contributed by atoms with Crippen LogP contribution in [0.1, 0.15) is 57.5 Å². The first-order valence-electron chi connectivity index (χ1n) is 10.7. The summed E-state index contributed by atoms with van der Waals surface area (Å²) in [5, 5.41) is 2.98. The third kappa shape index (κ3) is 4.86. The molecule has 1 atom stereocenters. The molecule has 30 heavy (non-hydrogen) atoms. The second kappa shape index (κ2) is 8.54. The Morgan fingerprint density at radius 1 is 1.13 bits per heavy atom. The van der Waals surface area contributed by atoms with E-state index in [9.17, 15) is 9.59 Å². The minimum Gasteiger partial charge on any atom is -0.348 e. The van der Waals surface area contributed by atoms with Crippen molar-refractivity contribution in [2.24, 2.45) is 0 Å². The van der Waals surface area contributed by atoms with Crippen LogP contribution in [0.5, 0.6) is 0 Å². The molecule has 3 amide bonds. The number of aryl methyl sites for hydroxylation is 1. The minimum atomic E-state index is -0.357. The standard InChI is InChI=1S/C24H34N4O2/c1-17(2)28(23(30)25-24(4,5)6)16-21(29)27-15-14-26-13-7-8-20(26)22(27)19-11-9-18(3)10-12-19/h7-13,17,22H,14-16H2,1-6H3,(H,25,30)/t22-/m0/s1. The fourth-order valence-corrected chi connectivity index (χ4v) is 3.87. The summed E-state index contributed by atoms with van der Waals surface area (Å²) in [7, 11) is 0. The molecule has 2 aromatic rings. The van der Waals surface area contributed by atoms with Gasteiger partial charge in [-0.2, -0.15) is 0 Å². The van der Waals surface area contributed by atoms with E-state index in [1.807, 2.05) is 45.6 Å². The van der Waals surface area contributed by atoms with E-state index in [2.05, 4.69) is 53.3 Å². The van der Waals surface area contributed by atoms with Gasteiger partial charge in [0.2, 0.25) is 5.91 Å². The molecule has 0 bridgehead atoms. The number of carbonyl (C=O) groups is 2. The zero-order chi connectivity index (χ0) is 22.1. The van der Waals surface area contributed by atoms with Gasteiger partial charge in [0, 0.05) is 36.6 Å². The smallest absolute Gasteiger partial charge is 0.318 e. The Labute approximate surface area is 179 Å². The number of amides is 3. The van der Waals surface area contributed by atoms with Gasteiger partial charge in [0.1, 0.15) is 6.54 Å². The second-order valence-electron chi connectivity index (χ2n) is 9.43. The highest BCUT2D eigenvalue weighted by Crippen LogP contribution is 2.32. The summed E-state index contributed by atoms with van der Waals surface area (Å²) < 4.78 is 2.21. The molecule has 0 unspecified atom stereocenters. The average Bonchev–Trinajstić information content (AvgIpc) is 3.13. The number of hydrogen-bond acceptors (Lipinski definition) is 2. The number of aromatic nitrogens is 1. The maximum atomic E-state index is 13.5. The van der Waals surface area contributed by atoms with Crippen LogP contribution in [-0.4, -0.2) is 51.0 Å². The minimum absolute atomic E-state index is 0.0363. The van der Waals surface area contributed by atoms with E-state index in [-0.39, 0.29) is 36.1 Å². The molecule has 1 aromatic carbocycles. The zero-order valence-corrected chi connectivity index (χ0v) is 19.0. The first-order chi connectivity index (χ1) is 14.1. The zero-order valence-electron chi connectivity index (χ0n) is 19.0. The molecule has 3 rings (SSSR count). The molecule has 162 valence electrons. The Bertz CT molecular complexity index is 893. The van der Waals surface area contributed by atoms with Crippen LogP contribution in [0.3, 0.4) is 0 Å². The van der Waals surface area contributed by atoms with Crippen LogP contribution in [0.15, 0.2) is 42.6 Å². The van der Waals surface area contributed by atoms with Gasteiger partial charge in [-0.05, 0) is 59.2 Å². The molecule has 2 heterocycles. The number of hydrogen-bond donors (Lipinski definition) is 1. The first-order valence-corrected chi connectivity index (χ1v) is 10.7. The van der Waals surface area contributed by atoms with Crippen molar-refractivity contribution in [3.05, 3.63) is 59.4 Å². The number of carbonyl (C=O) groups excluding carboxylic acids is 2. The summed E-state index contributed by atoms with van der Waals surface area (Å²) in [5.41, 5.74) is 3.02. The number of nitrogens with zero attached hydrogens (tertiary/aromatic N) is 3. The lowest BCUT2D eigenvalue weighted by molar-refractivity contribution is -0.134. The molecular weight excluding hydrogens is 376 g/mol. The van der Waals surface area contributed by atoms with Gasteiger partial charge in [-0.15, -0.1) is 0 Å². The summed E-state index contributed by atoms with van der Waals surface area (Å²) in [6.07, 6.45) is 2.07. The summed E-state index contributed by atoms with van der Waals surface area (Å²) in [6, 6.07) is 12.0. The fraction of sp³-hybridized carbons (Fsp3) is 0.500. The highest BCUT2D eigenvalue weighted by molar-refractivity contribution is 5.85. The molecule has 0 saturated carbocycles. The molecule has 1 aliphatic rings. The third-order valence-electron chi connectivity index (χ3n) is 5.42. The largest absolute Gasteiger partial charge is 0.348 e. The number of benzene rings is 1. The van der Waals surface area contributed by atoms with Gasteiger partial charge in [0.25, 0.3) is 0 Å². The lowest BCUT2D eigenvalue weighted by atomic mass is 9.98. The van der Waals surface area contributed by atoms with Crippen LogP contribution in [0, 0.1) is 6.92 Å². The van der Waals surface area contributed by atoms with Crippen molar-refractivity contribution >= 4 is 11.9 Å². The number of rotatable bonds is 4. The highest BCUT2D eigenvalue weighted by Gasteiger charge is 2.34.